The Morgan fingerprint density at radius 1 is 0.882 bits per heavy atom. The van der Waals surface area contributed by atoms with Gasteiger partial charge in [0.2, 0.25) is 0 Å². The first-order valence-electron chi connectivity index (χ1n) is 10.7. The summed E-state index contributed by atoms with van der Waals surface area (Å²) in [5.74, 6) is -2.76. The molecule has 1 heterocycles. The number of benzene rings is 1. The van der Waals surface area contributed by atoms with Gasteiger partial charge in [-0.1, -0.05) is 12.8 Å². The molecule has 1 aliphatic carbocycles. The van der Waals surface area contributed by atoms with Crippen molar-refractivity contribution in [3.8, 4) is 0 Å². The molecule has 3 rings (SSSR count). The molecule has 0 radical (unpaired) electrons. The Labute approximate surface area is 192 Å². The Hall–Kier alpha value is -2.70. The Kier molecular flexibility index (Phi) is 9.42. The summed E-state index contributed by atoms with van der Waals surface area (Å²) >= 11 is 0. The predicted octanol–water partition coefficient (Wildman–Crippen LogP) is 4.48. The number of nitrogens with zero attached hydrogens (tertiary/aromatic N) is 1. The van der Waals surface area contributed by atoms with Crippen LogP contribution in [0.15, 0.2) is 24.3 Å². The molecule has 2 fully saturated rings. The molecule has 0 bridgehead atoms. The number of hydrogen-bond donors (Lipinski definition) is 4. The Bertz CT molecular complexity index is 816. The summed E-state index contributed by atoms with van der Waals surface area (Å²) in [7, 11) is 0. The molecule has 192 valence electrons. The molecule has 7 nitrogen and oxygen atoms in total. The van der Waals surface area contributed by atoms with Crippen molar-refractivity contribution in [2.45, 2.75) is 69.0 Å². The molecule has 4 N–H and O–H groups in total. The average molecular weight is 499 g/mol. The average Bonchev–Trinajstić information content (AvgIpc) is 2.74. The van der Waals surface area contributed by atoms with Gasteiger partial charge in [0.1, 0.15) is 0 Å². The highest BCUT2D eigenvalue weighted by Crippen LogP contribution is 2.31. The number of amides is 1. The molecular weight excluding hydrogens is 472 g/mol. The van der Waals surface area contributed by atoms with Crippen LogP contribution in [-0.2, 0) is 11.0 Å². The lowest BCUT2D eigenvalue weighted by Crippen LogP contribution is -2.57. The minimum Gasteiger partial charge on any atom is -0.475 e. The van der Waals surface area contributed by atoms with Gasteiger partial charge in [-0.05, 0) is 49.9 Å². The van der Waals surface area contributed by atoms with Crippen LogP contribution in [0.4, 0.5) is 36.8 Å². The molecule has 1 amide bonds. The largest absolute Gasteiger partial charge is 0.490 e. The number of anilines is 1. The van der Waals surface area contributed by atoms with Crippen molar-refractivity contribution < 1.29 is 46.1 Å². The van der Waals surface area contributed by atoms with Crippen LogP contribution in [0.5, 0.6) is 0 Å². The Balaban J connectivity index is 0.000000509. The molecule has 0 unspecified atom stereocenters. The summed E-state index contributed by atoms with van der Waals surface area (Å²) in [6.07, 6.45) is -4.62. The number of carbonyl (C=O) groups is 2. The van der Waals surface area contributed by atoms with E-state index in [1.807, 2.05) is 0 Å². The van der Waals surface area contributed by atoms with Crippen molar-refractivity contribution in [1.82, 2.24) is 10.6 Å². The van der Waals surface area contributed by atoms with Gasteiger partial charge in [0.15, 0.2) is 0 Å². The minimum atomic E-state index is -5.08. The second-order valence-corrected chi connectivity index (χ2v) is 8.25. The quantitative estimate of drug-likeness (QED) is 0.456. The van der Waals surface area contributed by atoms with Gasteiger partial charge in [-0.2, -0.15) is 26.3 Å². The van der Waals surface area contributed by atoms with E-state index in [9.17, 15) is 31.1 Å². The number of piperidine rings is 1. The molecular formula is C21H27F6N3O4. The van der Waals surface area contributed by atoms with E-state index in [4.69, 9.17) is 15.0 Å². The van der Waals surface area contributed by atoms with Gasteiger partial charge in [0.25, 0.3) is 0 Å². The zero-order valence-corrected chi connectivity index (χ0v) is 18.1. The van der Waals surface area contributed by atoms with E-state index in [0.29, 0.717) is 6.54 Å². The summed E-state index contributed by atoms with van der Waals surface area (Å²) in [4.78, 5) is 22.0. The lowest BCUT2D eigenvalue weighted by molar-refractivity contribution is -0.192. The molecule has 3 atom stereocenters. The third kappa shape index (κ3) is 8.58. The summed E-state index contributed by atoms with van der Waals surface area (Å²) < 4.78 is 70.0. The van der Waals surface area contributed by atoms with E-state index in [2.05, 4.69) is 15.5 Å². The molecule has 34 heavy (non-hydrogen) atoms. The van der Waals surface area contributed by atoms with Crippen molar-refractivity contribution in [2.75, 3.05) is 18.0 Å². The first-order chi connectivity index (χ1) is 15.8. The number of rotatable bonds is 4. The molecule has 0 aromatic heterocycles. The highest BCUT2D eigenvalue weighted by molar-refractivity contribution is 5.73. The predicted molar refractivity (Wildman–Crippen MR) is 111 cm³/mol. The van der Waals surface area contributed by atoms with Crippen LogP contribution in [-0.4, -0.2) is 59.7 Å². The lowest BCUT2D eigenvalue weighted by atomic mass is 9.89. The van der Waals surface area contributed by atoms with Crippen LogP contribution in [0.3, 0.4) is 0 Å². The van der Waals surface area contributed by atoms with E-state index in [1.54, 1.807) is 0 Å². The second kappa shape index (κ2) is 11.6. The topological polar surface area (TPSA) is 102 Å². The Morgan fingerprint density at radius 3 is 1.94 bits per heavy atom. The summed E-state index contributed by atoms with van der Waals surface area (Å²) in [5.41, 5.74) is 0.154. The first-order valence-corrected chi connectivity index (χ1v) is 10.7. The Morgan fingerprint density at radius 2 is 1.44 bits per heavy atom. The normalized spacial score (nSPS) is 23.5. The summed E-state index contributed by atoms with van der Waals surface area (Å²) in [6.45, 7) is 1.52. The third-order valence-electron chi connectivity index (χ3n) is 5.75. The molecule has 1 aromatic carbocycles. The van der Waals surface area contributed by atoms with E-state index < -0.39 is 30.0 Å². The van der Waals surface area contributed by atoms with Gasteiger partial charge in [-0.3, -0.25) is 0 Å². The van der Waals surface area contributed by atoms with Gasteiger partial charge in [-0.15, -0.1) is 0 Å². The minimum absolute atomic E-state index is 0.0855. The standard InChI is InChI=1S/C19H26F3N3O2.C2HF3O2/c20-19(21,22)13-7-9-15(10-8-13)25-11-3-4-14(12-25)23-16-5-1-2-6-17(16)24-18(26)27;3-2(4,5)1(6)7/h7-10,14,16-17,23-24H,1-6,11-12H2,(H,26,27);(H,6,7)/t14-,16+,17+;/m0./s1. The van der Waals surface area contributed by atoms with Crippen molar-refractivity contribution >= 4 is 17.7 Å². The number of nitrogens with one attached hydrogen (secondary N) is 2. The fraction of sp³-hybridized carbons (Fsp3) is 0.619. The number of carboxylic acids is 1. The molecule has 2 aliphatic rings. The zero-order valence-electron chi connectivity index (χ0n) is 18.1. The molecule has 13 heteroatoms. The SMILES string of the molecule is O=C(O)C(F)(F)F.O=C(O)N[C@@H]1CCCC[C@H]1N[C@H]1CCCN(c2ccc(C(F)(F)F)cc2)C1. The number of aliphatic carboxylic acids is 1. The van der Waals surface area contributed by atoms with Gasteiger partial charge >= 0.3 is 24.4 Å². The van der Waals surface area contributed by atoms with Gasteiger partial charge in [0, 0.05) is 36.9 Å². The van der Waals surface area contributed by atoms with Crippen LogP contribution in [0.1, 0.15) is 44.1 Å². The number of halogens is 6. The van der Waals surface area contributed by atoms with Crippen molar-refractivity contribution in [1.29, 1.82) is 0 Å². The van der Waals surface area contributed by atoms with E-state index in [-0.39, 0.29) is 18.1 Å². The highest BCUT2D eigenvalue weighted by Gasteiger charge is 2.38. The van der Waals surface area contributed by atoms with E-state index in [0.717, 1.165) is 62.9 Å². The maximum atomic E-state index is 12.7. The molecule has 0 spiro atoms. The summed E-state index contributed by atoms with van der Waals surface area (Å²) in [6, 6.07) is 5.52. The van der Waals surface area contributed by atoms with Crippen molar-refractivity contribution in [3.05, 3.63) is 29.8 Å². The molecule has 1 aliphatic heterocycles. The van der Waals surface area contributed by atoms with Crippen LogP contribution in [0, 0.1) is 0 Å². The number of carboxylic acid groups (broad SMARTS) is 2. The van der Waals surface area contributed by atoms with Gasteiger partial charge < -0.3 is 25.7 Å². The molecule has 1 saturated carbocycles. The van der Waals surface area contributed by atoms with Gasteiger partial charge in [-0.25, -0.2) is 9.59 Å². The highest BCUT2D eigenvalue weighted by atomic mass is 19.4. The molecule has 1 saturated heterocycles. The summed E-state index contributed by atoms with van der Waals surface area (Å²) in [5, 5.41) is 22.4. The van der Waals surface area contributed by atoms with E-state index >= 15 is 0 Å². The first kappa shape index (κ1) is 27.5. The zero-order chi connectivity index (χ0) is 25.5. The van der Waals surface area contributed by atoms with Crippen molar-refractivity contribution in [3.63, 3.8) is 0 Å². The number of alkyl halides is 6. The van der Waals surface area contributed by atoms with Crippen LogP contribution in [0.25, 0.3) is 0 Å². The number of hydrogen-bond acceptors (Lipinski definition) is 4. The monoisotopic (exact) mass is 499 g/mol. The van der Waals surface area contributed by atoms with Crippen molar-refractivity contribution in [2.24, 2.45) is 0 Å². The maximum Gasteiger partial charge on any atom is 0.490 e. The molecule has 1 aromatic rings. The van der Waals surface area contributed by atoms with Crippen LogP contribution < -0.4 is 15.5 Å². The fourth-order valence-corrected chi connectivity index (χ4v) is 4.17. The second-order valence-electron chi connectivity index (χ2n) is 8.25. The maximum absolute atomic E-state index is 12.7. The van der Waals surface area contributed by atoms with Crippen LogP contribution >= 0.6 is 0 Å². The smallest absolute Gasteiger partial charge is 0.475 e. The lowest BCUT2D eigenvalue weighted by Gasteiger charge is -2.40. The third-order valence-corrected chi connectivity index (χ3v) is 5.75. The van der Waals surface area contributed by atoms with Crippen LogP contribution in [0.2, 0.25) is 0 Å². The van der Waals surface area contributed by atoms with Gasteiger partial charge in [0.05, 0.1) is 5.56 Å². The fourth-order valence-electron chi connectivity index (χ4n) is 4.17. The van der Waals surface area contributed by atoms with E-state index in [1.165, 1.54) is 12.1 Å².